The van der Waals surface area contributed by atoms with Crippen LogP contribution in [0.3, 0.4) is 0 Å². The summed E-state index contributed by atoms with van der Waals surface area (Å²) in [5.41, 5.74) is 2.10. The van der Waals surface area contributed by atoms with Gasteiger partial charge in [0.2, 0.25) is 0 Å². The number of hydrogen-bond acceptors (Lipinski definition) is 4. The molecule has 0 bridgehead atoms. The molecule has 0 saturated carbocycles. The summed E-state index contributed by atoms with van der Waals surface area (Å²) < 4.78 is 5.57. The molecule has 0 aromatic heterocycles. The van der Waals surface area contributed by atoms with Gasteiger partial charge in [-0.2, -0.15) is 0 Å². The highest BCUT2D eigenvalue weighted by Crippen LogP contribution is 2.20. The number of anilines is 1. The standard InChI is InChI=1S/C20H16N2O4/c23-20(21-17-5-2-1-3-6-17)16-11-9-15(10-12-16)14-26-19-8-4-7-18(13-19)22(24)25/h1-13H,14H2,(H,21,23). The zero-order valence-corrected chi connectivity index (χ0v) is 13.8. The first-order chi connectivity index (χ1) is 12.6. The molecule has 0 aliphatic heterocycles. The molecule has 130 valence electrons. The van der Waals surface area contributed by atoms with Crippen molar-refractivity contribution in [3.05, 3.63) is 100 Å². The van der Waals surface area contributed by atoms with Crippen LogP contribution in [0.25, 0.3) is 0 Å². The minimum Gasteiger partial charge on any atom is -0.489 e. The van der Waals surface area contributed by atoms with Gasteiger partial charge in [-0.15, -0.1) is 0 Å². The smallest absolute Gasteiger partial charge is 0.273 e. The molecule has 0 radical (unpaired) electrons. The Hall–Kier alpha value is -3.67. The Kier molecular flexibility index (Phi) is 5.24. The topological polar surface area (TPSA) is 81.5 Å². The minimum absolute atomic E-state index is 0.0181. The largest absolute Gasteiger partial charge is 0.489 e. The first kappa shape index (κ1) is 17.2. The van der Waals surface area contributed by atoms with E-state index < -0.39 is 4.92 Å². The molecule has 1 N–H and O–H groups in total. The van der Waals surface area contributed by atoms with Crippen LogP contribution in [0.15, 0.2) is 78.9 Å². The number of non-ortho nitro benzene ring substituents is 1. The van der Waals surface area contributed by atoms with Crippen molar-refractivity contribution in [3.8, 4) is 5.75 Å². The molecular weight excluding hydrogens is 332 g/mol. The van der Waals surface area contributed by atoms with E-state index in [0.717, 1.165) is 11.3 Å². The second kappa shape index (κ2) is 7.94. The molecule has 0 atom stereocenters. The van der Waals surface area contributed by atoms with Crippen molar-refractivity contribution in [3.63, 3.8) is 0 Å². The number of nitro groups is 1. The van der Waals surface area contributed by atoms with Crippen molar-refractivity contribution in [2.75, 3.05) is 5.32 Å². The van der Waals surface area contributed by atoms with Gasteiger partial charge in [-0.25, -0.2) is 0 Å². The first-order valence-corrected chi connectivity index (χ1v) is 7.94. The molecule has 3 aromatic carbocycles. The Bertz CT molecular complexity index is 909. The van der Waals surface area contributed by atoms with Crippen molar-refractivity contribution in [2.24, 2.45) is 0 Å². The number of nitrogens with one attached hydrogen (secondary N) is 1. The molecular formula is C20H16N2O4. The van der Waals surface area contributed by atoms with Crippen molar-refractivity contribution < 1.29 is 14.5 Å². The maximum Gasteiger partial charge on any atom is 0.273 e. The Labute approximate surface area is 150 Å². The second-order valence-electron chi connectivity index (χ2n) is 5.56. The van der Waals surface area contributed by atoms with Gasteiger partial charge in [0.25, 0.3) is 11.6 Å². The van der Waals surface area contributed by atoms with Crippen molar-refractivity contribution in [2.45, 2.75) is 6.61 Å². The highest BCUT2D eigenvalue weighted by Gasteiger charge is 2.08. The fourth-order valence-electron chi connectivity index (χ4n) is 2.33. The van der Waals surface area contributed by atoms with E-state index in [1.165, 1.54) is 12.1 Å². The van der Waals surface area contributed by atoms with Crippen LogP contribution in [0, 0.1) is 10.1 Å². The number of carbonyl (C=O) groups is 1. The third-order valence-electron chi connectivity index (χ3n) is 3.68. The second-order valence-corrected chi connectivity index (χ2v) is 5.56. The van der Waals surface area contributed by atoms with Crippen molar-refractivity contribution in [1.82, 2.24) is 0 Å². The van der Waals surface area contributed by atoms with Gasteiger partial charge in [0, 0.05) is 17.3 Å². The number of nitro benzene ring substituents is 1. The summed E-state index contributed by atoms with van der Waals surface area (Å²) in [5, 5.41) is 13.6. The van der Waals surface area contributed by atoms with E-state index in [1.807, 2.05) is 30.3 Å². The van der Waals surface area contributed by atoms with Gasteiger partial charge >= 0.3 is 0 Å². The molecule has 0 fully saturated rings. The van der Waals surface area contributed by atoms with Crippen LogP contribution in [0.1, 0.15) is 15.9 Å². The van der Waals surface area contributed by atoms with Gasteiger partial charge in [-0.05, 0) is 35.9 Å². The number of para-hydroxylation sites is 1. The molecule has 6 nitrogen and oxygen atoms in total. The summed E-state index contributed by atoms with van der Waals surface area (Å²) >= 11 is 0. The molecule has 1 amide bonds. The highest BCUT2D eigenvalue weighted by atomic mass is 16.6. The Balaban J connectivity index is 1.60. The van der Waals surface area contributed by atoms with Crippen LogP contribution in [0.5, 0.6) is 5.75 Å². The Morgan fingerprint density at radius 1 is 0.962 bits per heavy atom. The lowest BCUT2D eigenvalue weighted by atomic mass is 10.1. The molecule has 0 unspecified atom stereocenters. The lowest BCUT2D eigenvalue weighted by Gasteiger charge is -2.08. The van der Waals surface area contributed by atoms with E-state index in [-0.39, 0.29) is 18.2 Å². The summed E-state index contributed by atoms with van der Waals surface area (Å²) in [7, 11) is 0. The fraction of sp³-hybridized carbons (Fsp3) is 0.0500. The quantitative estimate of drug-likeness (QED) is 0.528. The Morgan fingerprint density at radius 2 is 1.69 bits per heavy atom. The number of nitrogens with zero attached hydrogens (tertiary/aromatic N) is 1. The van der Waals surface area contributed by atoms with Crippen LogP contribution in [-0.4, -0.2) is 10.8 Å². The van der Waals surface area contributed by atoms with Crippen LogP contribution in [0.2, 0.25) is 0 Å². The average molecular weight is 348 g/mol. The van der Waals surface area contributed by atoms with Crippen LogP contribution in [0.4, 0.5) is 11.4 Å². The van der Waals surface area contributed by atoms with E-state index in [4.69, 9.17) is 4.74 Å². The predicted molar refractivity (Wildman–Crippen MR) is 98.3 cm³/mol. The van der Waals surface area contributed by atoms with Gasteiger partial charge in [0.1, 0.15) is 12.4 Å². The summed E-state index contributed by atoms with van der Waals surface area (Å²) in [4.78, 5) is 22.5. The van der Waals surface area contributed by atoms with E-state index >= 15 is 0 Å². The number of rotatable bonds is 6. The Morgan fingerprint density at radius 3 is 2.38 bits per heavy atom. The molecule has 0 heterocycles. The van der Waals surface area contributed by atoms with Crippen molar-refractivity contribution in [1.29, 1.82) is 0 Å². The normalized spacial score (nSPS) is 10.2. The van der Waals surface area contributed by atoms with Gasteiger partial charge in [0.15, 0.2) is 0 Å². The summed E-state index contributed by atoms with van der Waals surface area (Å²) in [5.74, 6) is 0.229. The lowest BCUT2D eigenvalue weighted by molar-refractivity contribution is -0.384. The number of ether oxygens (including phenoxy) is 1. The SMILES string of the molecule is O=C(Nc1ccccc1)c1ccc(COc2cccc([N+](=O)[O-])c2)cc1. The summed E-state index contributed by atoms with van der Waals surface area (Å²) in [6.45, 7) is 0.252. The minimum atomic E-state index is -0.465. The van der Waals surface area contributed by atoms with Crippen LogP contribution in [-0.2, 0) is 6.61 Å². The highest BCUT2D eigenvalue weighted by molar-refractivity contribution is 6.04. The molecule has 0 saturated heterocycles. The third-order valence-corrected chi connectivity index (χ3v) is 3.68. The van der Waals surface area contributed by atoms with Gasteiger partial charge in [-0.3, -0.25) is 14.9 Å². The first-order valence-electron chi connectivity index (χ1n) is 7.94. The maximum atomic E-state index is 12.2. The van der Waals surface area contributed by atoms with Gasteiger partial charge in [0.05, 0.1) is 11.0 Å². The number of benzene rings is 3. The van der Waals surface area contributed by atoms with Gasteiger partial charge in [-0.1, -0.05) is 36.4 Å². The molecule has 26 heavy (non-hydrogen) atoms. The maximum absolute atomic E-state index is 12.2. The summed E-state index contributed by atoms with van der Waals surface area (Å²) in [6.07, 6.45) is 0. The molecule has 3 rings (SSSR count). The van der Waals surface area contributed by atoms with Crippen molar-refractivity contribution >= 4 is 17.3 Å². The van der Waals surface area contributed by atoms with E-state index in [9.17, 15) is 14.9 Å². The summed E-state index contributed by atoms with van der Waals surface area (Å²) in [6, 6.07) is 22.2. The molecule has 3 aromatic rings. The molecule has 0 aliphatic rings. The average Bonchev–Trinajstić information content (AvgIpc) is 2.68. The zero-order valence-electron chi connectivity index (χ0n) is 13.8. The predicted octanol–water partition coefficient (Wildman–Crippen LogP) is 4.43. The number of amides is 1. The molecule has 6 heteroatoms. The lowest BCUT2D eigenvalue weighted by Crippen LogP contribution is -2.11. The molecule has 0 aliphatic carbocycles. The fourth-order valence-corrected chi connectivity index (χ4v) is 2.33. The van der Waals surface area contributed by atoms with E-state index in [1.54, 1.807) is 36.4 Å². The van der Waals surface area contributed by atoms with Crippen LogP contribution >= 0.6 is 0 Å². The third kappa shape index (κ3) is 4.45. The molecule has 0 spiro atoms. The zero-order chi connectivity index (χ0) is 18.4. The van der Waals surface area contributed by atoms with E-state index in [2.05, 4.69) is 5.32 Å². The number of hydrogen-bond donors (Lipinski definition) is 1. The van der Waals surface area contributed by atoms with E-state index in [0.29, 0.717) is 11.3 Å². The van der Waals surface area contributed by atoms with Gasteiger partial charge < -0.3 is 10.1 Å². The number of carbonyl (C=O) groups excluding carboxylic acids is 1. The van der Waals surface area contributed by atoms with Crippen LogP contribution < -0.4 is 10.1 Å². The monoisotopic (exact) mass is 348 g/mol.